The molecule has 0 aromatic heterocycles. The maximum absolute atomic E-state index is 6.67. The molecule has 0 amide bonds. The Labute approximate surface area is 139 Å². The lowest BCUT2D eigenvalue weighted by atomic mass is 10.0. The summed E-state index contributed by atoms with van der Waals surface area (Å²) in [5.74, 6) is 1.62. The molecule has 0 aliphatic heterocycles. The van der Waals surface area contributed by atoms with E-state index in [9.17, 15) is 0 Å². The van der Waals surface area contributed by atoms with E-state index < -0.39 is 0 Å². The highest BCUT2D eigenvalue weighted by Gasteiger charge is 2.18. The van der Waals surface area contributed by atoms with Crippen molar-refractivity contribution in [1.82, 2.24) is 0 Å². The van der Waals surface area contributed by atoms with E-state index in [2.05, 4.69) is 22.0 Å². The molecule has 0 saturated heterocycles. The SMILES string of the molecule is CCOc1ccc(C(Cl)c2cc(C)ccc2OC)c(Br)c1. The van der Waals surface area contributed by atoms with Crippen molar-refractivity contribution in [2.45, 2.75) is 19.2 Å². The average molecular weight is 370 g/mol. The van der Waals surface area contributed by atoms with Gasteiger partial charge in [0.1, 0.15) is 11.5 Å². The molecule has 0 aliphatic rings. The van der Waals surface area contributed by atoms with Gasteiger partial charge in [-0.1, -0.05) is 39.7 Å². The standard InChI is InChI=1S/C17H18BrClO2/c1-4-21-12-6-7-13(15(18)10-12)17(19)14-9-11(2)5-8-16(14)20-3/h5-10,17H,4H2,1-3H3. The van der Waals surface area contributed by atoms with Crippen molar-refractivity contribution >= 4 is 27.5 Å². The third-order valence-corrected chi connectivity index (χ3v) is 4.37. The summed E-state index contributed by atoms with van der Waals surface area (Å²) < 4.78 is 11.8. The number of methoxy groups -OCH3 is 1. The maximum Gasteiger partial charge on any atom is 0.123 e. The Bertz CT molecular complexity index is 628. The van der Waals surface area contributed by atoms with Gasteiger partial charge in [-0.05, 0) is 37.6 Å². The van der Waals surface area contributed by atoms with Crippen molar-refractivity contribution in [3.8, 4) is 11.5 Å². The Morgan fingerprint density at radius 2 is 1.90 bits per heavy atom. The van der Waals surface area contributed by atoms with Gasteiger partial charge in [-0.25, -0.2) is 0 Å². The van der Waals surface area contributed by atoms with E-state index in [1.807, 2.05) is 44.2 Å². The van der Waals surface area contributed by atoms with E-state index in [1.165, 1.54) is 0 Å². The first-order valence-corrected chi connectivity index (χ1v) is 8.00. The number of benzene rings is 2. The normalized spacial score (nSPS) is 12.0. The Balaban J connectivity index is 2.40. The van der Waals surface area contributed by atoms with Gasteiger partial charge in [0.25, 0.3) is 0 Å². The lowest BCUT2D eigenvalue weighted by molar-refractivity contribution is 0.340. The first-order chi connectivity index (χ1) is 10.1. The van der Waals surface area contributed by atoms with E-state index in [0.29, 0.717) is 6.61 Å². The fourth-order valence-corrected chi connectivity index (χ4v) is 3.27. The van der Waals surface area contributed by atoms with Crippen LogP contribution in [0.2, 0.25) is 0 Å². The van der Waals surface area contributed by atoms with Crippen molar-refractivity contribution < 1.29 is 9.47 Å². The fourth-order valence-electron chi connectivity index (χ4n) is 2.19. The number of halogens is 2. The molecule has 0 spiro atoms. The van der Waals surface area contributed by atoms with Crippen molar-refractivity contribution in [2.24, 2.45) is 0 Å². The zero-order chi connectivity index (χ0) is 15.4. The molecule has 1 atom stereocenters. The number of hydrogen-bond acceptors (Lipinski definition) is 2. The molecule has 0 radical (unpaired) electrons. The Morgan fingerprint density at radius 1 is 1.14 bits per heavy atom. The van der Waals surface area contributed by atoms with Crippen LogP contribution >= 0.6 is 27.5 Å². The van der Waals surface area contributed by atoms with E-state index >= 15 is 0 Å². The summed E-state index contributed by atoms with van der Waals surface area (Å²) in [5.41, 5.74) is 3.10. The van der Waals surface area contributed by atoms with Crippen LogP contribution in [-0.2, 0) is 0 Å². The first kappa shape index (κ1) is 16.2. The molecule has 112 valence electrons. The van der Waals surface area contributed by atoms with Crippen molar-refractivity contribution in [3.63, 3.8) is 0 Å². The topological polar surface area (TPSA) is 18.5 Å². The van der Waals surface area contributed by atoms with Gasteiger partial charge in [-0.3, -0.25) is 0 Å². The van der Waals surface area contributed by atoms with Gasteiger partial charge < -0.3 is 9.47 Å². The monoisotopic (exact) mass is 368 g/mol. The van der Waals surface area contributed by atoms with Crippen molar-refractivity contribution in [3.05, 3.63) is 57.6 Å². The summed E-state index contributed by atoms with van der Waals surface area (Å²) in [6.45, 7) is 4.64. The van der Waals surface area contributed by atoms with Crippen LogP contribution in [0.15, 0.2) is 40.9 Å². The van der Waals surface area contributed by atoms with Crippen LogP contribution in [-0.4, -0.2) is 13.7 Å². The molecule has 2 nitrogen and oxygen atoms in total. The van der Waals surface area contributed by atoms with E-state index in [0.717, 1.165) is 32.7 Å². The molecule has 0 N–H and O–H groups in total. The quantitative estimate of drug-likeness (QED) is 0.648. The second-order valence-corrected chi connectivity index (χ2v) is 6.02. The highest BCUT2D eigenvalue weighted by atomic mass is 79.9. The van der Waals surface area contributed by atoms with Crippen molar-refractivity contribution in [1.29, 1.82) is 0 Å². The number of aryl methyl sites for hydroxylation is 1. The molecule has 0 bridgehead atoms. The van der Waals surface area contributed by atoms with Gasteiger partial charge in [0.15, 0.2) is 0 Å². The van der Waals surface area contributed by atoms with Gasteiger partial charge >= 0.3 is 0 Å². The minimum Gasteiger partial charge on any atom is -0.496 e. The summed E-state index contributed by atoms with van der Waals surface area (Å²) in [4.78, 5) is 0. The van der Waals surface area contributed by atoms with Gasteiger partial charge in [0, 0.05) is 10.0 Å². The van der Waals surface area contributed by atoms with Crippen LogP contribution in [0.5, 0.6) is 11.5 Å². The maximum atomic E-state index is 6.67. The van der Waals surface area contributed by atoms with Crippen LogP contribution in [0, 0.1) is 6.92 Å². The highest BCUT2D eigenvalue weighted by Crippen LogP contribution is 2.39. The zero-order valence-corrected chi connectivity index (χ0v) is 14.7. The van der Waals surface area contributed by atoms with Crippen LogP contribution < -0.4 is 9.47 Å². The predicted molar refractivity (Wildman–Crippen MR) is 90.7 cm³/mol. The van der Waals surface area contributed by atoms with Crippen molar-refractivity contribution in [2.75, 3.05) is 13.7 Å². The smallest absolute Gasteiger partial charge is 0.123 e. The van der Waals surface area contributed by atoms with Crippen LogP contribution in [0.25, 0.3) is 0 Å². The highest BCUT2D eigenvalue weighted by molar-refractivity contribution is 9.10. The molecule has 0 fully saturated rings. The molecule has 4 heteroatoms. The third-order valence-electron chi connectivity index (χ3n) is 3.21. The third kappa shape index (κ3) is 3.72. The Hall–Kier alpha value is -1.19. The van der Waals surface area contributed by atoms with Crippen LogP contribution in [0.1, 0.15) is 29.0 Å². The molecule has 1 unspecified atom stereocenters. The van der Waals surface area contributed by atoms with Gasteiger partial charge in [-0.15, -0.1) is 11.6 Å². The lowest BCUT2D eigenvalue weighted by Crippen LogP contribution is -2.00. The minimum absolute atomic E-state index is 0.287. The van der Waals surface area contributed by atoms with Gasteiger partial charge in [-0.2, -0.15) is 0 Å². The molecule has 2 aromatic carbocycles. The summed E-state index contributed by atoms with van der Waals surface area (Å²) in [6.07, 6.45) is 0. The number of hydrogen-bond donors (Lipinski definition) is 0. The largest absolute Gasteiger partial charge is 0.496 e. The predicted octanol–water partition coefficient (Wildman–Crippen LogP) is 5.49. The van der Waals surface area contributed by atoms with Crippen LogP contribution in [0.3, 0.4) is 0 Å². The molecule has 0 aliphatic carbocycles. The number of ether oxygens (including phenoxy) is 2. The molecule has 0 saturated carbocycles. The average Bonchev–Trinajstić information content (AvgIpc) is 2.47. The Morgan fingerprint density at radius 3 is 2.52 bits per heavy atom. The molecular weight excluding hydrogens is 352 g/mol. The molecule has 2 aromatic rings. The minimum atomic E-state index is -0.287. The summed E-state index contributed by atoms with van der Waals surface area (Å²) in [6, 6.07) is 11.9. The Kier molecular flexibility index (Phi) is 5.54. The molecular formula is C17H18BrClO2. The summed E-state index contributed by atoms with van der Waals surface area (Å²) in [5, 5.41) is -0.287. The van der Waals surface area contributed by atoms with Gasteiger partial charge in [0.2, 0.25) is 0 Å². The first-order valence-electron chi connectivity index (χ1n) is 6.77. The summed E-state index contributed by atoms with van der Waals surface area (Å²) in [7, 11) is 1.66. The van der Waals surface area contributed by atoms with Crippen LogP contribution in [0.4, 0.5) is 0 Å². The lowest BCUT2D eigenvalue weighted by Gasteiger charge is -2.17. The zero-order valence-electron chi connectivity index (χ0n) is 12.3. The van der Waals surface area contributed by atoms with E-state index in [-0.39, 0.29) is 5.38 Å². The molecule has 21 heavy (non-hydrogen) atoms. The molecule has 2 rings (SSSR count). The number of rotatable bonds is 5. The van der Waals surface area contributed by atoms with E-state index in [1.54, 1.807) is 7.11 Å². The van der Waals surface area contributed by atoms with Gasteiger partial charge in [0.05, 0.1) is 19.1 Å². The second-order valence-electron chi connectivity index (χ2n) is 4.72. The second kappa shape index (κ2) is 7.19. The van der Waals surface area contributed by atoms with E-state index in [4.69, 9.17) is 21.1 Å². The fraction of sp³-hybridized carbons (Fsp3) is 0.294. The summed E-state index contributed by atoms with van der Waals surface area (Å²) >= 11 is 10.2. The molecule has 0 heterocycles. The number of alkyl halides is 1.